The molecule has 0 N–H and O–H groups in total. The van der Waals surface area contributed by atoms with Gasteiger partial charge in [0, 0.05) is 11.6 Å². The zero-order valence-electron chi connectivity index (χ0n) is 8.25. The van der Waals surface area contributed by atoms with Crippen LogP contribution in [-0.2, 0) is 0 Å². The minimum atomic E-state index is 0.836. The number of benzene rings is 1. The number of hydrogen-bond acceptors (Lipinski definition) is 4. The molecule has 1 aromatic heterocycles. The Hall–Kier alpha value is -1.68. The maximum atomic E-state index is 5.06. The molecule has 0 saturated carbocycles. The van der Waals surface area contributed by atoms with Crippen LogP contribution in [0.2, 0.25) is 0 Å². The number of thiazole rings is 1. The van der Waals surface area contributed by atoms with Crippen molar-refractivity contribution in [2.75, 3.05) is 7.11 Å². The van der Waals surface area contributed by atoms with Crippen molar-refractivity contribution in [3.8, 4) is 5.75 Å². The average Bonchev–Trinajstić information content (AvgIpc) is 2.80. The molecule has 0 unspecified atom stereocenters. The number of methoxy groups -OCH3 is 1. The Labute approximate surface area is 92.1 Å². The van der Waals surface area contributed by atoms with Crippen molar-refractivity contribution in [1.82, 2.24) is 4.98 Å². The second-order valence-electron chi connectivity index (χ2n) is 2.83. The molecule has 0 radical (unpaired) electrons. The standard InChI is InChI=1S/C11H10N2OS/c1-14-10-4-2-9(3-5-10)13-8-11-12-6-7-15-11/h2-8H,1H3. The van der Waals surface area contributed by atoms with E-state index in [2.05, 4.69) is 9.98 Å². The minimum Gasteiger partial charge on any atom is -0.497 e. The summed E-state index contributed by atoms with van der Waals surface area (Å²) >= 11 is 1.56. The fraction of sp³-hybridized carbons (Fsp3) is 0.0909. The predicted octanol–water partition coefficient (Wildman–Crippen LogP) is 2.90. The van der Waals surface area contributed by atoms with Gasteiger partial charge in [0.05, 0.1) is 19.0 Å². The molecule has 2 aromatic rings. The first-order valence-electron chi connectivity index (χ1n) is 4.46. The van der Waals surface area contributed by atoms with E-state index in [1.165, 1.54) is 0 Å². The fourth-order valence-corrected chi connectivity index (χ4v) is 1.59. The highest BCUT2D eigenvalue weighted by atomic mass is 32.1. The number of hydrogen-bond donors (Lipinski definition) is 0. The monoisotopic (exact) mass is 218 g/mol. The van der Waals surface area contributed by atoms with E-state index in [9.17, 15) is 0 Å². The van der Waals surface area contributed by atoms with Crippen LogP contribution < -0.4 is 4.74 Å². The Kier molecular flexibility index (Phi) is 3.09. The lowest BCUT2D eigenvalue weighted by Gasteiger charge is -1.98. The third-order valence-electron chi connectivity index (χ3n) is 1.85. The van der Waals surface area contributed by atoms with Gasteiger partial charge in [0.2, 0.25) is 0 Å². The molecule has 4 heteroatoms. The van der Waals surface area contributed by atoms with Gasteiger partial charge in [0.15, 0.2) is 0 Å². The molecular weight excluding hydrogens is 208 g/mol. The third kappa shape index (κ3) is 2.63. The number of aromatic nitrogens is 1. The van der Waals surface area contributed by atoms with Gasteiger partial charge in [-0.2, -0.15) is 0 Å². The maximum absolute atomic E-state index is 5.06. The van der Waals surface area contributed by atoms with Gasteiger partial charge < -0.3 is 4.74 Å². The second-order valence-corrected chi connectivity index (χ2v) is 3.75. The summed E-state index contributed by atoms with van der Waals surface area (Å²) in [5.41, 5.74) is 0.894. The van der Waals surface area contributed by atoms with E-state index < -0.39 is 0 Å². The van der Waals surface area contributed by atoms with E-state index in [1.54, 1.807) is 30.9 Å². The SMILES string of the molecule is COc1ccc(N=Cc2nccs2)cc1. The lowest BCUT2D eigenvalue weighted by atomic mass is 10.3. The van der Waals surface area contributed by atoms with Crippen molar-refractivity contribution in [3.63, 3.8) is 0 Å². The molecule has 3 nitrogen and oxygen atoms in total. The lowest BCUT2D eigenvalue weighted by molar-refractivity contribution is 0.415. The third-order valence-corrected chi connectivity index (χ3v) is 2.56. The van der Waals surface area contributed by atoms with Crippen molar-refractivity contribution in [2.45, 2.75) is 0 Å². The Morgan fingerprint density at radius 2 is 2.13 bits per heavy atom. The van der Waals surface area contributed by atoms with Crippen LogP contribution in [0.15, 0.2) is 40.8 Å². The minimum absolute atomic E-state index is 0.836. The summed E-state index contributed by atoms with van der Waals surface area (Å²) in [6, 6.07) is 7.58. The molecule has 0 amide bonds. The summed E-state index contributed by atoms with van der Waals surface area (Å²) in [6.07, 6.45) is 3.52. The summed E-state index contributed by atoms with van der Waals surface area (Å²) in [5, 5.41) is 2.83. The summed E-state index contributed by atoms with van der Waals surface area (Å²) in [5.74, 6) is 0.836. The van der Waals surface area contributed by atoms with E-state index in [0.717, 1.165) is 16.4 Å². The van der Waals surface area contributed by atoms with Gasteiger partial charge in [0.25, 0.3) is 0 Å². The van der Waals surface area contributed by atoms with Crippen LogP contribution in [0.3, 0.4) is 0 Å². The van der Waals surface area contributed by atoms with Crippen molar-refractivity contribution in [3.05, 3.63) is 40.8 Å². The molecular formula is C11H10N2OS. The Bertz CT molecular complexity index is 434. The van der Waals surface area contributed by atoms with Crippen LogP contribution >= 0.6 is 11.3 Å². The molecule has 1 heterocycles. The van der Waals surface area contributed by atoms with Crippen LogP contribution in [0.5, 0.6) is 5.75 Å². The largest absolute Gasteiger partial charge is 0.497 e. The van der Waals surface area contributed by atoms with Crippen molar-refractivity contribution in [2.24, 2.45) is 4.99 Å². The molecule has 0 saturated heterocycles. The summed E-state index contributed by atoms with van der Waals surface area (Å²) < 4.78 is 5.06. The van der Waals surface area contributed by atoms with Gasteiger partial charge in [-0.25, -0.2) is 4.98 Å². The van der Waals surface area contributed by atoms with Gasteiger partial charge in [-0.1, -0.05) is 0 Å². The first-order valence-corrected chi connectivity index (χ1v) is 5.34. The zero-order valence-corrected chi connectivity index (χ0v) is 9.07. The van der Waals surface area contributed by atoms with Crippen molar-refractivity contribution in [1.29, 1.82) is 0 Å². The molecule has 1 aromatic carbocycles. The van der Waals surface area contributed by atoms with Crippen molar-refractivity contribution < 1.29 is 4.74 Å². The average molecular weight is 218 g/mol. The van der Waals surface area contributed by atoms with E-state index in [0.29, 0.717) is 0 Å². The number of aliphatic imine (C=N–C) groups is 1. The van der Waals surface area contributed by atoms with E-state index in [4.69, 9.17) is 4.74 Å². The molecule has 76 valence electrons. The number of rotatable bonds is 3. The molecule has 0 aliphatic carbocycles. The highest BCUT2D eigenvalue weighted by Gasteiger charge is 1.92. The number of nitrogens with zero attached hydrogens (tertiary/aromatic N) is 2. The predicted molar refractivity (Wildman–Crippen MR) is 62.4 cm³/mol. The summed E-state index contributed by atoms with van der Waals surface area (Å²) in [6.45, 7) is 0. The van der Waals surface area contributed by atoms with Gasteiger partial charge in [-0.3, -0.25) is 4.99 Å². The fourth-order valence-electron chi connectivity index (χ4n) is 1.10. The van der Waals surface area contributed by atoms with E-state index in [1.807, 2.05) is 29.6 Å². The molecule has 0 fully saturated rings. The Balaban J connectivity index is 2.11. The Morgan fingerprint density at radius 3 is 2.73 bits per heavy atom. The molecule has 0 aliphatic rings. The molecule has 0 atom stereocenters. The molecule has 0 spiro atoms. The van der Waals surface area contributed by atoms with Gasteiger partial charge >= 0.3 is 0 Å². The second kappa shape index (κ2) is 4.70. The molecule has 0 aliphatic heterocycles. The first kappa shape index (κ1) is 9.86. The van der Waals surface area contributed by atoms with Crippen molar-refractivity contribution >= 4 is 23.2 Å². The van der Waals surface area contributed by atoms with Crippen LogP contribution in [0.1, 0.15) is 5.01 Å². The first-order chi connectivity index (χ1) is 7.38. The van der Waals surface area contributed by atoms with Crippen LogP contribution in [-0.4, -0.2) is 18.3 Å². The highest BCUT2D eigenvalue weighted by molar-refractivity contribution is 7.11. The van der Waals surface area contributed by atoms with E-state index in [-0.39, 0.29) is 0 Å². The van der Waals surface area contributed by atoms with E-state index >= 15 is 0 Å². The lowest BCUT2D eigenvalue weighted by Crippen LogP contribution is -1.80. The highest BCUT2D eigenvalue weighted by Crippen LogP contribution is 2.17. The molecule has 0 bridgehead atoms. The molecule has 2 rings (SSSR count). The van der Waals surface area contributed by atoms with Gasteiger partial charge in [-0.05, 0) is 24.3 Å². The smallest absolute Gasteiger partial charge is 0.134 e. The van der Waals surface area contributed by atoms with Crippen LogP contribution in [0.4, 0.5) is 5.69 Å². The molecule has 15 heavy (non-hydrogen) atoms. The van der Waals surface area contributed by atoms with Crippen LogP contribution in [0.25, 0.3) is 0 Å². The van der Waals surface area contributed by atoms with Gasteiger partial charge in [-0.15, -0.1) is 11.3 Å². The quantitative estimate of drug-likeness (QED) is 0.742. The zero-order chi connectivity index (χ0) is 10.5. The topological polar surface area (TPSA) is 34.5 Å². The normalized spacial score (nSPS) is 10.7. The Morgan fingerprint density at radius 1 is 1.33 bits per heavy atom. The summed E-state index contributed by atoms with van der Waals surface area (Å²) in [7, 11) is 1.65. The maximum Gasteiger partial charge on any atom is 0.134 e. The summed E-state index contributed by atoms with van der Waals surface area (Å²) in [4.78, 5) is 8.40. The number of ether oxygens (including phenoxy) is 1. The van der Waals surface area contributed by atoms with Crippen LogP contribution in [0, 0.1) is 0 Å². The van der Waals surface area contributed by atoms with Gasteiger partial charge in [0.1, 0.15) is 10.8 Å².